The molecular formula is C20H17N3O3S. The summed E-state index contributed by atoms with van der Waals surface area (Å²) < 4.78 is 10.3. The molecule has 0 aliphatic carbocycles. The molecule has 0 spiro atoms. The van der Waals surface area contributed by atoms with E-state index in [1.54, 1.807) is 44.6 Å². The van der Waals surface area contributed by atoms with Crippen LogP contribution in [0, 0.1) is 11.3 Å². The molecule has 1 N–H and O–H groups in total. The van der Waals surface area contributed by atoms with Crippen LogP contribution in [0.5, 0.6) is 11.5 Å². The third-order valence-corrected chi connectivity index (χ3v) is 4.79. The Morgan fingerprint density at radius 2 is 1.93 bits per heavy atom. The lowest BCUT2D eigenvalue weighted by molar-refractivity contribution is -0.113. The highest BCUT2D eigenvalue weighted by Gasteiger charge is 2.11. The van der Waals surface area contributed by atoms with Gasteiger partial charge in [-0.05, 0) is 36.4 Å². The predicted molar refractivity (Wildman–Crippen MR) is 105 cm³/mol. The molecule has 0 fully saturated rings. The second-order valence-electron chi connectivity index (χ2n) is 5.58. The number of anilines is 1. The minimum absolute atomic E-state index is 0.139. The molecule has 1 aromatic heterocycles. The van der Waals surface area contributed by atoms with E-state index in [2.05, 4.69) is 16.4 Å². The molecule has 3 aromatic rings. The van der Waals surface area contributed by atoms with Gasteiger partial charge in [0.15, 0.2) is 0 Å². The number of aromatic nitrogens is 1. The van der Waals surface area contributed by atoms with Crippen LogP contribution < -0.4 is 14.8 Å². The third-order valence-electron chi connectivity index (χ3n) is 3.80. The van der Waals surface area contributed by atoms with E-state index in [9.17, 15) is 10.1 Å². The number of carbonyl (C=O) groups is 1. The number of rotatable bonds is 6. The molecule has 27 heavy (non-hydrogen) atoms. The first-order valence-electron chi connectivity index (χ1n) is 8.08. The van der Waals surface area contributed by atoms with Crippen LogP contribution in [0.15, 0.2) is 53.6 Å². The maximum atomic E-state index is 12.2. The van der Waals surface area contributed by atoms with Crippen molar-refractivity contribution in [2.75, 3.05) is 25.3 Å². The average molecular weight is 379 g/mol. The van der Waals surface area contributed by atoms with E-state index >= 15 is 0 Å². The molecule has 0 aliphatic rings. The Hall–Kier alpha value is -3.24. The summed E-state index contributed by atoms with van der Waals surface area (Å²) in [6.45, 7) is 0. The first-order chi connectivity index (χ1) is 13.1. The number of carbonyl (C=O) groups excluding carboxylic acids is 1. The van der Waals surface area contributed by atoms with Gasteiger partial charge in [0, 0.05) is 17.1 Å². The standard InChI is InChI=1S/C20H17N3O3S/c1-25-16-5-3-4-15(10-16)22-19(24)12-27-20-14(11-21)8-13-9-17(26-2)6-7-18(13)23-20/h3-10H,12H2,1-2H3,(H,22,24). The van der Waals surface area contributed by atoms with E-state index in [0.717, 1.165) is 10.9 Å². The van der Waals surface area contributed by atoms with Gasteiger partial charge in [-0.2, -0.15) is 5.26 Å². The molecular weight excluding hydrogens is 362 g/mol. The summed E-state index contributed by atoms with van der Waals surface area (Å²) in [5.41, 5.74) is 1.82. The second kappa shape index (κ2) is 8.43. The Labute approximate surface area is 161 Å². The Morgan fingerprint density at radius 1 is 1.15 bits per heavy atom. The molecule has 2 aromatic carbocycles. The van der Waals surface area contributed by atoms with Crippen molar-refractivity contribution < 1.29 is 14.3 Å². The van der Waals surface area contributed by atoms with Gasteiger partial charge in [-0.15, -0.1) is 0 Å². The number of fused-ring (bicyclic) bond motifs is 1. The molecule has 1 heterocycles. The first kappa shape index (κ1) is 18.5. The molecule has 0 bridgehead atoms. The lowest BCUT2D eigenvalue weighted by Crippen LogP contribution is -2.14. The molecule has 3 rings (SSSR count). The second-order valence-corrected chi connectivity index (χ2v) is 6.54. The van der Waals surface area contributed by atoms with Crippen LogP contribution in [0.2, 0.25) is 0 Å². The van der Waals surface area contributed by atoms with Crippen molar-refractivity contribution in [1.29, 1.82) is 5.26 Å². The van der Waals surface area contributed by atoms with Crippen molar-refractivity contribution in [1.82, 2.24) is 4.98 Å². The topological polar surface area (TPSA) is 84.2 Å². The van der Waals surface area contributed by atoms with Gasteiger partial charge in [0.25, 0.3) is 0 Å². The molecule has 0 saturated heterocycles. The largest absolute Gasteiger partial charge is 0.497 e. The maximum absolute atomic E-state index is 12.2. The van der Waals surface area contributed by atoms with Crippen LogP contribution in [-0.2, 0) is 4.79 Å². The SMILES string of the molecule is COc1cccc(NC(=O)CSc2nc3ccc(OC)cc3cc2C#N)c1. The van der Waals surface area contributed by atoms with Gasteiger partial charge < -0.3 is 14.8 Å². The number of benzene rings is 2. The van der Waals surface area contributed by atoms with Gasteiger partial charge in [-0.1, -0.05) is 17.8 Å². The summed E-state index contributed by atoms with van der Waals surface area (Å²) >= 11 is 1.23. The predicted octanol–water partition coefficient (Wildman–Crippen LogP) is 3.85. The van der Waals surface area contributed by atoms with E-state index in [-0.39, 0.29) is 11.7 Å². The molecule has 0 aliphatic heterocycles. The third kappa shape index (κ3) is 4.49. The molecule has 0 atom stereocenters. The zero-order valence-corrected chi connectivity index (χ0v) is 15.7. The van der Waals surface area contributed by atoms with Crippen molar-refractivity contribution in [2.24, 2.45) is 0 Å². The van der Waals surface area contributed by atoms with Gasteiger partial charge >= 0.3 is 0 Å². The number of hydrogen-bond donors (Lipinski definition) is 1. The minimum Gasteiger partial charge on any atom is -0.497 e. The summed E-state index contributed by atoms with van der Waals surface area (Å²) in [6, 6.07) is 16.5. The van der Waals surface area contributed by atoms with E-state index in [4.69, 9.17) is 9.47 Å². The summed E-state index contributed by atoms with van der Waals surface area (Å²) in [4.78, 5) is 16.7. The van der Waals surface area contributed by atoms with Crippen LogP contribution in [0.3, 0.4) is 0 Å². The van der Waals surface area contributed by atoms with Gasteiger partial charge in [0.1, 0.15) is 22.6 Å². The quantitative estimate of drug-likeness (QED) is 0.655. The van der Waals surface area contributed by atoms with Crippen LogP contribution >= 0.6 is 11.8 Å². The van der Waals surface area contributed by atoms with Crippen molar-refractivity contribution in [3.8, 4) is 17.6 Å². The normalized spacial score (nSPS) is 10.3. The van der Waals surface area contributed by atoms with Crippen molar-refractivity contribution in [2.45, 2.75) is 5.03 Å². The fourth-order valence-corrected chi connectivity index (χ4v) is 3.25. The minimum atomic E-state index is -0.186. The zero-order chi connectivity index (χ0) is 19.2. The molecule has 6 nitrogen and oxygen atoms in total. The number of nitrogens with one attached hydrogen (secondary N) is 1. The summed E-state index contributed by atoms with van der Waals surface area (Å²) in [5, 5.41) is 13.6. The Morgan fingerprint density at radius 3 is 2.67 bits per heavy atom. The van der Waals surface area contributed by atoms with Crippen molar-refractivity contribution >= 4 is 34.3 Å². The van der Waals surface area contributed by atoms with Gasteiger partial charge in [0.05, 0.1) is 31.1 Å². The lowest BCUT2D eigenvalue weighted by Gasteiger charge is -2.08. The highest BCUT2D eigenvalue weighted by molar-refractivity contribution is 8.00. The van der Waals surface area contributed by atoms with Crippen LogP contribution in [-0.4, -0.2) is 30.9 Å². The van der Waals surface area contributed by atoms with E-state index < -0.39 is 0 Å². The molecule has 0 saturated carbocycles. The fourth-order valence-electron chi connectivity index (χ4n) is 2.49. The maximum Gasteiger partial charge on any atom is 0.234 e. The first-order valence-corrected chi connectivity index (χ1v) is 9.07. The summed E-state index contributed by atoms with van der Waals surface area (Å²) in [7, 11) is 3.16. The smallest absolute Gasteiger partial charge is 0.234 e. The van der Waals surface area contributed by atoms with Crippen LogP contribution in [0.4, 0.5) is 5.69 Å². The van der Waals surface area contributed by atoms with Gasteiger partial charge in [-0.3, -0.25) is 4.79 Å². The summed E-state index contributed by atoms with van der Waals surface area (Å²) in [6.07, 6.45) is 0. The summed E-state index contributed by atoms with van der Waals surface area (Å²) in [5.74, 6) is 1.32. The number of methoxy groups -OCH3 is 2. The van der Waals surface area contributed by atoms with E-state index in [1.165, 1.54) is 11.8 Å². The number of thioether (sulfide) groups is 1. The molecule has 136 valence electrons. The highest BCUT2D eigenvalue weighted by Crippen LogP contribution is 2.27. The average Bonchev–Trinajstić information content (AvgIpc) is 2.71. The highest BCUT2D eigenvalue weighted by atomic mass is 32.2. The Bertz CT molecular complexity index is 1030. The number of nitrogens with zero attached hydrogens (tertiary/aromatic N) is 2. The molecule has 0 unspecified atom stereocenters. The lowest BCUT2D eigenvalue weighted by atomic mass is 10.1. The Balaban J connectivity index is 1.73. The van der Waals surface area contributed by atoms with Crippen LogP contribution in [0.1, 0.15) is 5.56 Å². The van der Waals surface area contributed by atoms with E-state index in [1.807, 2.05) is 18.2 Å². The van der Waals surface area contributed by atoms with Crippen LogP contribution in [0.25, 0.3) is 10.9 Å². The number of ether oxygens (including phenoxy) is 2. The van der Waals surface area contributed by atoms with E-state index in [0.29, 0.717) is 27.8 Å². The Kier molecular flexibility index (Phi) is 5.79. The van der Waals surface area contributed by atoms with Gasteiger partial charge in [-0.25, -0.2) is 4.98 Å². The fraction of sp³-hybridized carbons (Fsp3) is 0.150. The zero-order valence-electron chi connectivity index (χ0n) is 14.9. The number of amides is 1. The van der Waals surface area contributed by atoms with Crippen molar-refractivity contribution in [3.05, 3.63) is 54.1 Å². The molecule has 1 amide bonds. The number of nitriles is 1. The van der Waals surface area contributed by atoms with Crippen molar-refractivity contribution in [3.63, 3.8) is 0 Å². The van der Waals surface area contributed by atoms with Gasteiger partial charge in [0.2, 0.25) is 5.91 Å². The number of hydrogen-bond acceptors (Lipinski definition) is 6. The monoisotopic (exact) mass is 379 g/mol. The molecule has 0 radical (unpaired) electrons. The number of pyridine rings is 1. The molecule has 7 heteroatoms.